The summed E-state index contributed by atoms with van der Waals surface area (Å²) in [5.41, 5.74) is -1.42. The van der Waals surface area contributed by atoms with Gasteiger partial charge in [0.05, 0.1) is 20.8 Å². The van der Waals surface area contributed by atoms with Crippen molar-refractivity contribution in [1.82, 2.24) is 0 Å². The summed E-state index contributed by atoms with van der Waals surface area (Å²) >= 11 is 6.24. The van der Waals surface area contributed by atoms with Crippen LogP contribution in [0.3, 0.4) is 0 Å². The Morgan fingerprint density at radius 2 is 1.73 bits per heavy atom. The third-order valence-corrected chi connectivity index (χ3v) is 10.6. The lowest BCUT2D eigenvalue weighted by Gasteiger charge is -2.43. The zero-order chi connectivity index (χ0) is 27.1. The third kappa shape index (κ3) is 5.39. The van der Waals surface area contributed by atoms with Crippen molar-refractivity contribution in [2.45, 2.75) is 61.2 Å². The van der Waals surface area contributed by atoms with E-state index in [-0.39, 0.29) is 58.4 Å². The second-order valence-corrected chi connectivity index (χ2v) is 12.9. The van der Waals surface area contributed by atoms with Crippen LogP contribution < -0.4 is 5.32 Å². The van der Waals surface area contributed by atoms with Gasteiger partial charge in [0.1, 0.15) is 0 Å². The number of fused-ring (bicyclic) bond motifs is 2. The van der Waals surface area contributed by atoms with Crippen LogP contribution in [0, 0.1) is 35.2 Å². The molecule has 2 aromatic carbocycles. The zero-order valence-corrected chi connectivity index (χ0v) is 21.8. The first kappa shape index (κ1) is 27.9. The standard InChI is InChI=1S/C26H29ClF3NO5S/c1-14(13-32)6-7-26(34)16-3-4-17(26)10-19(9-16)37(35,36)23-8-15(2-5-20(23)27)25(33)31-18-11-21(28)24(30)22(29)12-18/h2,5,8,11-12,14,16-17,19,32,34H,3-4,6-7,9-10,13H2,1H3,(H,31,33)/t14?,16-,17?,19?,26?/m0/s1. The van der Waals surface area contributed by atoms with Gasteiger partial charge in [0.15, 0.2) is 27.3 Å². The SMILES string of the molecule is CC(CO)CCC1(O)C2CC[C@H]1CC(S(=O)(=O)c1cc(C(=O)Nc3cc(F)c(F)c(F)c3)ccc1Cl)C2. The lowest BCUT2D eigenvalue weighted by atomic mass is 9.71. The van der Waals surface area contributed by atoms with E-state index in [1.54, 1.807) is 0 Å². The summed E-state index contributed by atoms with van der Waals surface area (Å²) in [6.45, 7) is 1.92. The number of carbonyl (C=O) groups is 1. The molecule has 2 fully saturated rings. The summed E-state index contributed by atoms with van der Waals surface area (Å²) in [5, 5.41) is 22.1. The van der Waals surface area contributed by atoms with E-state index in [2.05, 4.69) is 5.32 Å². The van der Waals surface area contributed by atoms with E-state index in [0.29, 0.717) is 37.8 Å². The van der Waals surface area contributed by atoms with E-state index in [0.717, 1.165) is 6.07 Å². The van der Waals surface area contributed by atoms with E-state index >= 15 is 0 Å². The van der Waals surface area contributed by atoms with Gasteiger partial charge in [-0.3, -0.25) is 4.79 Å². The molecule has 6 nitrogen and oxygen atoms in total. The molecule has 2 bridgehead atoms. The van der Waals surface area contributed by atoms with Crippen LogP contribution in [-0.4, -0.2) is 42.0 Å². The van der Waals surface area contributed by atoms with E-state index in [9.17, 15) is 36.6 Å². The molecule has 4 unspecified atom stereocenters. The topological polar surface area (TPSA) is 104 Å². The minimum absolute atomic E-state index is 0.0237. The lowest BCUT2D eigenvalue weighted by Crippen LogP contribution is -2.48. The summed E-state index contributed by atoms with van der Waals surface area (Å²) in [5.74, 6) is -5.85. The van der Waals surface area contributed by atoms with Crippen molar-refractivity contribution >= 4 is 33.0 Å². The van der Waals surface area contributed by atoms with Gasteiger partial charge in [0, 0.05) is 30.0 Å². The van der Waals surface area contributed by atoms with Crippen molar-refractivity contribution in [3.05, 3.63) is 58.4 Å². The average Bonchev–Trinajstić information content (AvgIpc) is 3.01. The summed E-state index contributed by atoms with van der Waals surface area (Å²) in [4.78, 5) is 12.5. The van der Waals surface area contributed by atoms with Crippen molar-refractivity contribution in [3.63, 3.8) is 0 Å². The first-order valence-electron chi connectivity index (χ1n) is 12.2. The molecular formula is C26H29ClF3NO5S. The Kier molecular flexibility index (Phi) is 7.95. The Balaban J connectivity index is 1.54. The smallest absolute Gasteiger partial charge is 0.255 e. The van der Waals surface area contributed by atoms with Crippen LogP contribution in [-0.2, 0) is 9.84 Å². The monoisotopic (exact) mass is 559 g/mol. The molecular weight excluding hydrogens is 531 g/mol. The zero-order valence-electron chi connectivity index (χ0n) is 20.2. The number of hydrogen-bond acceptors (Lipinski definition) is 5. The molecule has 4 rings (SSSR count). The fourth-order valence-corrected chi connectivity index (χ4v) is 8.12. The second kappa shape index (κ2) is 10.6. The lowest BCUT2D eigenvalue weighted by molar-refractivity contribution is -0.0692. The molecule has 2 aliphatic rings. The molecule has 11 heteroatoms. The van der Waals surface area contributed by atoms with Crippen molar-refractivity contribution in [2.24, 2.45) is 17.8 Å². The maximum absolute atomic E-state index is 13.6. The maximum Gasteiger partial charge on any atom is 0.255 e. The molecule has 3 N–H and O–H groups in total. The fourth-order valence-electron chi connectivity index (χ4n) is 5.71. The molecule has 5 atom stereocenters. The molecule has 0 radical (unpaired) electrons. The first-order valence-corrected chi connectivity index (χ1v) is 14.1. The minimum Gasteiger partial charge on any atom is -0.396 e. The summed E-state index contributed by atoms with van der Waals surface area (Å²) < 4.78 is 67.5. The Hall–Kier alpha value is -2.14. The van der Waals surface area contributed by atoms with E-state index in [1.807, 2.05) is 6.92 Å². The number of sulfone groups is 1. The number of anilines is 1. The van der Waals surface area contributed by atoms with E-state index < -0.39 is 44.0 Å². The fraction of sp³-hybridized carbons (Fsp3) is 0.500. The highest BCUT2D eigenvalue weighted by atomic mass is 35.5. The number of aliphatic hydroxyl groups is 2. The number of hydrogen-bond donors (Lipinski definition) is 3. The number of amides is 1. The van der Waals surface area contributed by atoms with Gasteiger partial charge in [-0.15, -0.1) is 0 Å². The van der Waals surface area contributed by atoms with Crippen LogP contribution in [0.2, 0.25) is 5.02 Å². The molecule has 0 saturated heterocycles. The summed E-state index contributed by atoms with van der Waals surface area (Å²) in [6, 6.07) is 4.89. The summed E-state index contributed by atoms with van der Waals surface area (Å²) in [6.07, 6.45) is 3.07. The van der Waals surface area contributed by atoms with Crippen LogP contribution in [0.15, 0.2) is 35.2 Å². The maximum atomic E-state index is 13.6. The van der Waals surface area contributed by atoms with Gasteiger partial charge < -0.3 is 15.5 Å². The Bertz CT molecular complexity index is 1270. The van der Waals surface area contributed by atoms with Crippen LogP contribution >= 0.6 is 11.6 Å². The minimum atomic E-state index is -3.99. The van der Waals surface area contributed by atoms with Crippen molar-refractivity contribution in [1.29, 1.82) is 0 Å². The highest BCUT2D eigenvalue weighted by Crippen LogP contribution is 2.54. The van der Waals surface area contributed by atoms with E-state index in [4.69, 9.17) is 11.6 Å². The van der Waals surface area contributed by atoms with Crippen LogP contribution in [0.25, 0.3) is 0 Å². The summed E-state index contributed by atoms with van der Waals surface area (Å²) in [7, 11) is -3.99. The predicted octanol–water partition coefficient (Wildman–Crippen LogP) is 5.11. The van der Waals surface area contributed by atoms with Gasteiger partial charge in [-0.25, -0.2) is 21.6 Å². The molecule has 37 heavy (non-hydrogen) atoms. The van der Waals surface area contributed by atoms with Crippen molar-refractivity contribution < 1.29 is 36.6 Å². The Morgan fingerprint density at radius 3 is 2.30 bits per heavy atom. The highest BCUT2D eigenvalue weighted by Gasteiger charge is 2.55. The number of rotatable bonds is 8. The van der Waals surface area contributed by atoms with Crippen LogP contribution in [0.4, 0.5) is 18.9 Å². The Labute approximate surface area is 218 Å². The second-order valence-electron chi connectivity index (χ2n) is 10.3. The largest absolute Gasteiger partial charge is 0.396 e. The van der Waals surface area contributed by atoms with Crippen molar-refractivity contribution in [3.8, 4) is 0 Å². The van der Waals surface area contributed by atoms with Gasteiger partial charge in [0.2, 0.25) is 0 Å². The predicted molar refractivity (Wildman–Crippen MR) is 133 cm³/mol. The molecule has 0 aliphatic heterocycles. The molecule has 1 amide bonds. The Morgan fingerprint density at radius 1 is 1.14 bits per heavy atom. The van der Waals surface area contributed by atoms with Gasteiger partial charge in [0.25, 0.3) is 5.91 Å². The number of nitrogens with one attached hydrogen (secondary N) is 1. The molecule has 202 valence electrons. The number of carbonyl (C=O) groups excluding carboxylic acids is 1. The number of halogens is 4. The molecule has 0 aromatic heterocycles. The van der Waals surface area contributed by atoms with Gasteiger partial charge >= 0.3 is 0 Å². The average molecular weight is 560 g/mol. The van der Waals surface area contributed by atoms with E-state index in [1.165, 1.54) is 12.1 Å². The van der Waals surface area contributed by atoms with Gasteiger partial charge in [-0.05, 0) is 74.5 Å². The number of aliphatic hydroxyl groups excluding tert-OH is 1. The third-order valence-electron chi connectivity index (χ3n) is 7.90. The van der Waals surface area contributed by atoms with Crippen molar-refractivity contribution in [2.75, 3.05) is 11.9 Å². The highest BCUT2D eigenvalue weighted by molar-refractivity contribution is 7.92. The van der Waals surface area contributed by atoms with Gasteiger partial charge in [-0.1, -0.05) is 18.5 Å². The first-order chi connectivity index (χ1) is 17.4. The quantitative estimate of drug-likeness (QED) is 0.390. The molecule has 0 spiro atoms. The molecule has 2 aliphatic carbocycles. The number of benzene rings is 2. The molecule has 0 heterocycles. The van der Waals surface area contributed by atoms with Crippen LogP contribution in [0.1, 0.15) is 55.8 Å². The van der Waals surface area contributed by atoms with Crippen LogP contribution in [0.5, 0.6) is 0 Å². The van der Waals surface area contributed by atoms with Gasteiger partial charge in [-0.2, -0.15) is 0 Å². The molecule has 2 aromatic rings. The normalized spacial score (nSPS) is 26.2. The molecule has 2 saturated carbocycles.